The molecular weight excluding hydrogens is 338 g/mol. The van der Waals surface area contributed by atoms with Gasteiger partial charge in [-0.25, -0.2) is 10.1 Å². The molecule has 2 heterocycles. The first-order chi connectivity index (χ1) is 13.3. The van der Waals surface area contributed by atoms with E-state index in [-0.39, 0.29) is 0 Å². The van der Waals surface area contributed by atoms with Gasteiger partial charge in [0, 0.05) is 17.6 Å². The number of nitrogens with one attached hydrogen (secondary N) is 2. The van der Waals surface area contributed by atoms with E-state index in [4.69, 9.17) is 10.7 Å². The molecule has 0 saturated heterocycles. The van der Waals surface area contributed by atoms with Crippen LogP contribution in [0.15, 0.2) is 42.5 Å². The Kier molecular flexibility index (Phi) is 5.20. The predicted molar refractivity (Wildman–Crippen MR) is 107 cm³/mol. The van der Waals surface area contributed by atoms with Crippen molar-refractivity contribution in [3.05, 3.63) is 53.9 Å². The first kappa shape index (κ1) is 17.4. The molecule has 0 bridgehead atoms. The lowest BCUT2D eigenvalue weighted by Crippen LogP contribution is -2.33. The summed E-state index contributed by atoms with van der Waals surface area (Å²) in [5, 5.41) is 17.3. The number of aromatic nitrogens is 5. The van der Waals surface area contributed by atoms with Crippen molar-refractivity contribution in [3.8, 4) is 11.3 Å². The molecule has 1 aliphatic carbocycles. The van der Waals surface area contributed by atoms with Crippen molar-refractivity contribution in [3.63, 3.8) is 0 Å². The molecule has 7 heteroatoms. The Bertz CT molecular complexity index is 896. The van der Waals surface area contributed by atoms with Crippen LogP contribution in [0.5, 0.6) is 0 Å². The Morgan fingerprint density at radius 3 is 2.70 bits per heavy atom. The lowest BCUT2D eigenvalue weighted by atomic mass is 9.92. The molecule has 1 fully saturated rings. The molecule has 1 saturated carbocycles. The number of benzene rings is 1. The monoisotopic (exact) mass is 361 g/mol. The lowest BCUT2D eigenvalue weighted by molar-refractivity contribution is 0.410. The van der Waals surface area contributed by atoms with Gasteiger partial charge in [0.1, 0.15) is 5.82 Å². The fourth-order valence-electron chi connectivity index (χ4n) is 3.36. The van der Waals surface area contributed by atoms with Gasteiger partial charge in [0.05, 0.1) is 5.69 Å². The number of tetrazole rings is 1. The molecular formula is C20H23N7. The number of pyridine rings is 1. The van der Waals surface area contributed by atoms with E-state index >= 15 is 0 Å². The average Bonchev–Trinajstić information content (AvgIpc) is 3.22. The van der Waals surface area contributed by atoms with Crippen LogP contribution in [-0.4, -0.2) is 37.7 Å². The minimum Gasteiger partial charge on any atom is -0.367 e. The van der Waals surface area contributed by atoms with Gasteiger partial charge in [-0.1, -0.05) is 30.3 Å². The molecule has 138 valence electrons. The molecule has 7 nitrogen and oxygen atoms in total. The van der Waals surface area contributed by atoms with Gasteiger partial charge in [0.15, 0.2) is 5.82 Å². The van der Waals surface area contributed by atoms with Crippen LogP contribution in [0.3, 0.4) is 0 Å². The largest absolute Gasteiger partial charge is 0.367 e. The van der Waals surface area contributed by atoms with Gasteiger partial charge >= 0.3 is 0 Å². The Hall–Kier alpha value is -3.06. The molecule has 4 N–H and O–H groups in total. The van der Waals surface area contributed by atoms with Crippen LogP contribution in [0.4, 0.5) is 5.82 Å². The summed E-state index contributed by atoms with van der Waals surface area (Å²) in [5.74, 6) is 1.54. The Labute approximate surface area is 158 Å². The first-order valence-electron chi connectivity index (χ1n) is 9.28. The van der Waals surface area contributed by atoms with E-state index in [0.717, 1.165) is 48.3 Å². The molecule has 0 amide bonds. The summed E-state index contributed by atoms with van der Waals surface area (Å²) < 4.78 is 0. The molecule has 27 heavy (non-hydrogen) atoms. The number of anilines is 1. The van der Waals surface area contributed by atoms with Gasteiger partial charge in [-0.15, -0.1) is 5.10 Å². The number of hydrogen-bond acceptors (Lipinski definition) is 6. The van der Waals surface area contributed by atoms with E-state index in [2.05, 4.69) is 38.1 Å². The van der Waals surface area contributed by atoms with Gasteiger partial charge in [-0.05, 0) is 65.9 Å². The highest BCUT2D eigenvalue weighted by atomic mass is 15.5. The molecule has 4 rings (SSSR count). The zero-order valence-corrected chi connectivity index (χ0v) is 15.0. The number of rotatable bonds is 5. The lowest BCUT2D eigenvalue weighted by Gasteiger charge is -2.27. The van der Waals surface area contributed by atoms with Gasteiger partial charge < -0.3 is 11.1 Å². The van der Waals surface area contributed by atoms with Gasteiger partial charge in [0.25, 0.3) is 0 Å². The second kappa shape index (κ2) is 8.09. The van der Waals surface area contributed by atoms with E-state index in [0.29, 0.717) is 17.9 Å². The van der Waals surface area contributed by atoms with Crippen molar-refractivity contribution in [2.24, 2.45) is 5.73 Å². The fraction of sp³-hybridized carbons (Fsp3) is 0.300. The third-order valence-electron chi connectivity index (χ3n) is 4.85. The standard InChI is InChI=1S/C20H23N7/c21-16-8-10-17(11-9-16)22-19-6-2-5-18(23-19)15-4-1-3-14(13-15)7-12-20-24-26-27-25-20/h1-7,12-13,16-17H,8-11,21H2,(H,22,23)(H,24,25,26,27)/b12-7+/t16-,17-. The van der Waals surface area contributed by atoms with Gasteiger partial charge in [0.2, 0.25) is 0 Å². The fourth-order valence-corrected chi connectivity index (χ4v) is 3.36. The van der Waals surface area contributed by atoms with Crippen LogP contribution in [0.25, 0.3) is 23.4 Å². The third-order valence-corrected chi connectivity index (χ3v) is 4.85. The maximum Gasteiger partial charge on any atom is 0.172 e. The van der Waals surface area contributed by atoms with Crippen LogP contribution >= 0.6 is 0 Å². The minimum atomic E-state index is 0.353. The van der Waals surface area contributed by atoms with Gasteiger partial charge in [-0.2, -0.15) is 0 Å². The second-order valence-corrected chi connectivity index (χ2v) is 6.91. The third kappa shape index (κ3) is 4.57. The summed E-state index contributed by atoms with van der Waals surface area (Å²) in [7, 11) is 0. The Morgan fingerprint density at radius 1 is 1.04 bits per heavy atom. The van der Waals surface area contributed by atoms with Crippen molar-refractivity contribution in [1.29, 1.82) is 0 Å². The normalized spacial score (nSPS) is 20.0. The van der Waals surface area contributed by atoms with Crippen molar-refractivity contribution in [1.82, 2.24) is 25.6 Å². The number of H-pyrrole nitrogens is 1. The molecule has 3 aromatic rings. The van der Waals surface area contributed by atoms with E-state index in [9.17, 15) is 0 Å². The smallest absolute Gasteiger partial charge is 0.172 e. The highest BCUT2D eigenvalue weighted by Gasteiger charge is 2.18. The molecule has 0 spiro atoms. The van der Waals surface area contributed by atoms with E-state index in [1.54, 1.807) is 0 Å². The number of aromatic amines is 1. The van der Waals surface area contributed by atoms with Crippen LogP contribution < -0.4 is 11.1 Å². The minimum absolute atomic E-state index is 0.353. The number of nitrogens with zero attached hydrogens (tertiary/aromatic N) is 4. The predicted octanol–water partition coefficient (Wildman–Crippen LogP) is 3.11. The van der Waals surface area contributed by atoms with E-state index in [1.165, 1.54) is 0 Å². The summed E-state index contributed by atoms with van der Waals surface area (Å²) in [4.78, 5) is 4.80. The van der Waals surface area contributed by atoms with E-state index < -0.39 is 0 Å². The van der Waals surface area contributed by atoms with E-state index in [1.807, 2.05) is 42.5 Å². The topological polar surface area (TPSA) is 105 Å². The second-order valence-electron chi connectivity index (χ2n) is 6.91. The summed E-state index contributed by atoms with van der Waals surface area (Å²) >= 11 is 0. The molecule has 0 radical (unpaired) electrons. The molecule has 0 atom stereocenters. The number of hydrogen-bond donors (Lipinski definition) is 3. The zero-order valence-electron chi connectivity index (χ0n) is 15.0. The maximum atomic E-state index is 6.00. The van der Waals surface area contributed by atoms with Crippen LogP contribution in [-0.2, 0) is 0 Å². The Morgan fingerprint density at radius 2 is 1.89 bits per heavy atom. The average molecular weight is 361 g/mol. The molecule has 0 aliphatic heterocycles. The molecule has 1 aromatic carbocycles. The highest BCUT2D eigenvalue weighted by molar-refractivity contribution is 5.71. The molecule has 2 aromatic heterocycles. The summed E-state index contributed by atoms with van der Waals surface area (Å²) in [6.45, 7) is 0. The van der Waals surface area contributed by atoms with Gasteiger partial charge in [-0.3, -0.25) is 0 Å². The SMILES string of the molecule is N[C@H]1CC[C@H](Nc2cccc(-c3cccc(/C=C/c4nnn[nH]4)c3)n2)CC1. The van der Waals surface area contributed by atoms with Crippen LogP contribution in [0.2, 0.25) is 0 Å². The zero-order chi connectivity index (χ0) is 18.5. The summed E-state index contributed by atoms with van der Waals surface area (Å²) in [5.41, 5.74) is 9.08. The maximum absolute atomic E-state index is 6.00. The van der Waals surface area contributed by atoms with Crippen molar-refractivity contribution >= 4 is 18.0 Å². The number of nitrogens with two attached hydrogens (primary N) is 1. The quantitative estimate of drug-likeness (QED) is 0.645. The summed E-state index contributed by atoms with van der Waals surface area (Å²) in [6.07, 6.45) is 8.17. The van der Waals surface area contributed by atoms with Crippen molar-refractivity contribution in [2.75, 3.05) is 5.32 Å². The highest BCUT2D eigenvalue weighted by Crippen LogP contribution is 2.24. The molecule has 1 aliphatic rings. The van der Waals surface area contributed by atoms with Crippen LogP contribution in [0, 0.1) is 0 Å². The van der Waals surface area contributed by atoms with Crippen molar-refractivity contribution in [2.45, 2.75) is 37.8 Å². The first-order valence-corrected chi connectivity index (χ1v) is 9.28. The molecule has 0 unspecified atom stereocenters. The van der Waals surface area contributed by atoms with Crippen LogP contribution in [0.1, 0.15) is 37.1 Å². The van der Waals surface area contributed by atoms with Crippen molar-refractivity contribution < 1.29 is 0 Å². The summed E-state index contributed by atoms with van der Waals surface area (Å²) in [6, 6.07) is 15.1. The Balaban J connectivity index is 1.49.